The Balaban J connectivity index is 2.59. The topological polar surface area (TPSA) is 46.3 Å². The summed E-state index contributed by atoms with van der Waals surface area (Å²) in [5, 5.41) is 0.782. The van der Waals surface area contributed by atoms with Gasteiger partial charge in [-0.2, -0.15) is 0 Å². The molecule has 1 heterocycles. The molecular formula is C11H12Cl2N2O. The number of nitrogens with zero attached hydrogens (tertiary/aromatic N) is 1. The monoisotopic (exact) mass is 258 g/mol. The van der Waals surface area contributed by atoms with Crippen LogP contribution in [0.2, 0.25) is 10.0 Å². The van der Waals surface area contributed by atoms with E-state index in [1.54, 1.807) is 4.90 Å². The summed E-state index contributed by atoms with van der Waals surface area (Å²) in [5.74, 6) is -0.0710. The van der Waals surface area contributed by atoms with Crippen LogP contribution in [0.15, 0.2) is 6.07 Å². The molecule has 5 heteroatoms. The largest absolute Gasteiger partial charge is 0.397 e. The van der Waals surface area contributed by atoms with Gasteiger partial charge in [-0.1, -0.05) is 23.2 Å². The predicted molar refractivity (Wildman–Crippen MR) is 65.9 cm³/mol. The molecule has 0 aromatic heterocycles. The van der Waals surface area contributed by atoms with Crippen molar-refractivity contribution in [1.29, 1.82) is 0 Å². The number of anilines is 1. The molecule has 0 saturated carbocycles. The summed E-state index contributed by atoms with van der Waals surface area (Å²) in [5.41, 5.74) is 7.56. The minimum atomic E-state index is -0.0710. The summed E-state index contributed by atoms with van der Waals surface area (Å²) < 4.78 is 0. The molecule has 1 aliphatic rings. The molecule has 0 aliphatic carbocycles. The van der Waals surface area contributed by atoms with Crippen LogP contribution in [-0.4, -0.2) is 16.8 Å². The number of carbonyl (C=O) groups excluding carboxylic acids is 1. The summed E-state index contributed by atoms with van der Waals surface area (Å²) in [6.07, 6.45) is 0. The van der Waals surface area contributed by atoms with E-state index in [2.05, 4.69) is 0 Å². The molecule has 0 fully saturated rings. The maximum atomic E-state index is 12.1. The molecule has 3 nitrogen and oxygen atoms in total. The Hall–Kier alpha value is -0.930. The zero-order chi connectivity index (χ0) is 12.0. The standard InChI is InChI=1S/C11H12Cl2N2O/c1-5(2)15-4-6-9(11(15)16)7(12)3-8(13)10(6)14/h3,5H,4,14H2,1-2H3. The van der Waals surface area contributed by atoms with Gasteiger partial charge in [-0.25, -0.2) is 0 Å². The fourth-order valence-electron chi connectivity index (χ4n) is 1.88. The number of hydrogen-bond donors (Lipinski definition) is 1. The van der Waals surface area contributed by atoms with Gasteiger partial charge in [-0.15, -0.1) is 0 Å². The lowest BCUT2D eigenvalue weighted by Crippen LogP contribution is -2.30. The highest BCUT2D eigenvalue weighted by Crippen LogP contribution is 2.38. The fraction of sp³-hybridized carbons (Fsp3) is 0.364. The summed E-state index contributed by atoms with van der Waals surface area (Å²) in [6.45, 7) is 4.39. The molecule has 1 aliphatic heterocycles. The van der Waals surface area contributed by atoms with Crippen LogP contribution in [-0.2, 0) is 6.54 Å². The van der Waals surface area contributed by atoms with Crippen LogP contribution in [0.5, 0.6) is 0 Å². The molecule has 0 saturated heterocycles. The predicted octanol–water partition coefficient (Wildman–Crippen LogP) is 2.94. The number of hydrogen-bond acceptors (Lipinski definition) is 2. The van der Waals surface area contributed by atoms with Gasteiger partial charge in [-0.05, 0) is 19.9 Å². The molecule has 16 heavy (non-hydrogen) atoms. The number of carbonyl (C=O) groups is 1. The van der Waals surface area contributed by atoms with E-state index < -0.39 is 0 Å². The van der Waals surface area contributed by atoms with E-state index in [1.165, 1.54) is 6.07 Å². The molecule has 0 spiro atoms. The van der Waals surface area contributed by atoms with Crippen molar-refractivity contribution in [2.75, 3.05) is 5.73 Å². The Labute approximate surface area is 104 Å². The molecule has 1 aromatic rings. The Morgan fingerprint density at radius 2 is 2.00 bits per heavy atom. The maximum absolute atomic E-state index is 12.1. The van der Waals surface area contributed by atoms with Crippen LogP contribution in [0.1, 0.15) is 29.8 Å². The summed E-state index contributed by atoms with van der Waals surface area (Å²) in [6, 6.07) is 1.65. The van der Waals surface area contributed by atoms with Crippen molar-refractivity contribution in [1.82, 2.24) is 4.90 Å². The van der Waals surface area contributed by atoms with E-state index in [4.69, 9.17) is 28.9 Å². The Bertz CT molecular complexity index is 472. The summed E-state index contributed by atoms with van der Waals surface area (Å²) in [4.78, 5) is 13.8. The van der Waals surface area contributed by atoms with Gasteiger partial charge in [0, 0.05) is 18.2 Å². The lowest BCUT2D eigenvalue weighted by atomic mass is 10.1. The number of benzene rings is 1. The third kappa shape index (κ3) is 1.55. The van der Waals surface area contributed by atoms with E-state index >= 15 is 0 Å². The van der Waals surface area contributed by atoms with Crippen molar-refractivity contribution in [3.05, 3.63) is 27.2 Å². The van der Waals surface area contributed by atoms with E-state index in [9.17, 15) is 4.79 Å². The van der Waals surface area contributed by atoms with Gasteiger partial charge in [0.05, 0.1) is 21.3 Å². The minimum Gasteiger partial charge on any atom is -0.397 e. The van der Waals surface area contributed by atoms with Crippen molar-refractivity contribution in [3.8, 4) is 0 Å². The lowest BCUT2D eigenvalue weighted by Gasteiger charge is -2.19. The molecule has 2 rings (SSSR count). The summed E-state index contributed by atoms with van der Waals surface area (Å²) >= 11 is 12.0. The molecular weight excluding hydrogens is 247 g/mol. The number of amides is 1. The third-order valence-corrected chi connectivity index (χ3v) is 3.41. The van der Waals surface area contributed by atoms with Gasteiger partial charge in [0.25, 0.3) is 5.91 Å². The maximum Gasteiger partial charge on any atom is 0.256 e. The van der Waals surface area contributed by atoms with Gasteiger partial charge in [0.2, 0.25) is 0 Å². The Kier molecular flexibility index (Phi) is 2.76. The molecule has 0 radical (unpaired) electrons. The van der Waals surface area contributed by atoms with E-state index in [0.29, 0.717) is 27.8 Å². The second-order valence-corrected chi connectivity index (χ2v) is 4.95. The lowest BCUT2D eigenvalue weighted by molar-refractivity contribution is 0.0731. The van der Waals surface area contributed by atoms with Crippen LogP contribution >= 0.6 is 23.2 Å². The number of rotatable bonds is 1. The van der Waals surface area contributed by atoms with Crippen molar-refractivity contribution in [2.45, 2.75) is 26.4 Å². The van der Waals surface area contributed by atoms with Crippen LogP contribution in [0, 0.1) is 0 Å². The molecule has 86 valence electrons. The highest BCUT2D eigenvalue weighted by Gasteiger charge is 2.33. The molecule has 0 bridgehead atoms. The third-order valence-electron chi connectivity index (χ3n) is 2.80. The molecule has 2 N–H and O–H groups in total. The summed E-state index contributed by atoms with van der Waals surface area (Å²) in [7, 11) is 0. The van der Waals surface area contributed by atoms with E-state index in [0.717, 1.165) is 5.56 Å². The van der Waals surface area contributed by atoms with Gasteiger partial charge in [-0.3, -0.25) is 4.79 Å². The van der Waals surface area contributed by atoms with Crippen molar-refractivity contribution in [2.24, 2.45) is 0 Å². The minimum absolute atomic E-state index is 0.0710. The van der Waals surface area contributed by atoms with Gasteiger partial charge < -0.3 is 10.6 Å². The van der Waals surface area contributed by atoms with Crippen LogP contribution < -0.4 is 5.73 Å². The first-order valence-electron chi connectivity index (χ1n) is 5.00. The van der Waals surface area contributed by atoms with Gasteiger partial charge in [0.15, 0.2) is 0 Å². The number of fused-ring (bicyclic) bond motifs is 1. The molecule has 1 amide bonds. The average molecular weight is 259 g/mol. The second kappa shape index (κ2) is 3.82. The highest BCUT2D eigenvalue weighted by atomic mass is 35.5. The van der Waals surface area contributed by atoms with Gasteiger partial charge in [0.1, 0.15) is 0 Å². The number of nitrogens with two attached hydrogens (primary N) is 1. The fourth-order valence-corrected chi connectivity index (χ4v) is 2.47. The Morgan fingerprint density at radius 1 is 1.38 bits per heavy atom. The number of halogens is 2. The SMILES string of the molecule is CC(C)N1Cc2c(N)c(Cl)cc(Cl)c2C1=O. The average Bonchev–Trinajstić information content (AvgIpc) is 2.53. The zero-order valence-corrected chi connectivity index (χ0v) is 10.6. The van der Waals surface area contributed by atoms with E-state index in [1.807, 2.05) is 13.8 Å². The second-order valence-electron chi connectivity index (χ2n) is 4.13. The number of nitrogen functional groups attached to an aromatic ring is 1. The first-order valence-corrected chi connectivity index (χ1v) is 5.76. The van der Waals surface area contributed by atoms with Gasteiger partial charge >= 0.3 is 0 Å². The zero-order valence-electron chi connectivity index (χ0n) is 9.05. The van der Waals surface area contributed by atoms with Crippen LogP contribution in [0.3, 0.4) is 0 Å². The normalized spacial score (nSPS) is 14.8. The molecule has 1 aromatic carbocycles. The van der Waals surface area contributed by atoms with Crippen molar-refractivity contribution >= 4 is 34.8 Å². The molecule has 0 atom stereocenters. The highest BCUT2D eigenvalue weighted by molar-refractivity contribution is 6.38. The van der Waals surface area contributed by atoms with Crippen molar-refractivity contribution < 1.29 is 4.79 Å². The van der Waals surface area contributed by atoms with Crippen molar-refractivity contribution in [3.63, 3.8) is 0 Å². The first-order chi connectivity index (χ1) is 7.43. The molecule has 0 unspecified atom stereocenters. The first kappa shape index (κ1) is 11.6. The van der Waals surface area contributed by atoms with Crippen LogP contribution in [0.4, 0.5) is 5.69 Å². The quantitative estimate of drug-likeness (QED) is 0.788. The van der Waals surface area contributed by atoms with Crippen LogP contribution in [0.25, 0.3) is 0 Å². The Morgan fingerprint density at radius 3 is 2.56 bits per heavy atom. The van der Waals surface area contributed by atoms with E-state index in [-0.39, 0.29) is 11.9 Å². The smallest absolute Gasteiger partial charge is 0.256 e.